The lowest BCUT2D eigenvalue weighted by Gasteiger charge is -2.31. The topological polar surface area (TPSA) is 138 Å². The van der Waals surface area contributed by atoms with Gasteiger partial charge in [-0.15, -0.1) is 12.4 Å². The number of hydrogen-bond acceptors (Lipinski definition) is 9. The predicted molar refractivity (Wildman–Crippen MR) is 152 cm³/mol. The summed E-state index contributed by atoms with van der Waals surface area (Å²) in [4.78, 5) is 30.6. The zero-order valence-electron chi connectivity index (χ0n) is 21.8. The molecule has 13 heteroatoms. The molecule has 2 saturated heterocycles. The van der Waals surface area contributed by atoms with Gasteiger partial charge in [0.15, 0.2) is 11.5 Å². The van der Waals surface area contributed by atoms with Gasteiger partial charge in [-0.3, -0.25) is 14.7 Å². The molecule has 11 nitrogen and oxygen atoms in total. The molecule has 0 spiro atoms. The van der Waals surface area contributed by atoms with E-state index in [-0.39, 0.29) is 28.8 Å². The third kappa shape index (κ3) is 6.53. The van der Waals surface area contributed by atoms with Crippen molar-refractivity contribution in [3.63, 3.8) is 0 Å². The van der Waals surface area contributed by atoms with Crippen LogP contribution in [0.4, 0.5) is 11.5 Å². The highest BCUT2D eigenvalue weighted by Gasteiger charge is 2.27. The molecule has 4 heterocycles. The van der Waals surface area contributed by atoms with Crippen LogP contribution in [0.5, 0.6) is 0 Å². The van der Waals surface area contributed by atoms with Crippen molar-refractivity contribution in [2.45, 2.75) is 24.3 Å². The molecule has 1 amide bonds. The molecule has 39 heavy (non-hydrogen) atoms. The van der Waals surface area contributed by atoms with Gasteiger partial charge in [-0.2, -0.15) is 4.31 Å². The Morgan fingerprint density at radius 3 is 2.38 bits per heavy atom. The van der Waals surface area contributed by atoms with Crippen LogP contribution < -0.4 is 11.1 Å². The fraction of sp³-hybridized carbons (Fsp3) is 0.385. The fourth-order valence-electron chi connectivity index (χ4n) is 4.72. The second kappa shape index (κ2) is 12.3. The number of amides is 1. The van der Waals surface area contributed by atoms with Crippen LogP contribution in [0.2, 0.25) is 0 Å². The zero-order chi connectivity index (χ0) is 26.7. The first-order chi connectivity index (χ1) is 18.3. The third-order valence-corrected chi connectivity index (χ3v) is 8.93. The number of sulfonamides is 1. The molecule has 2 aromatic heterocycles. The molecule has 3 N–H and O–H groups in total. The average molecular weight is 573 g/mol. The van der Waals surface area contributed by atoms with Crippen LogP contribution in [0.15, 0.2) is 53.8 Å². The lowest BCUT2D eigenvalue weighted by Crippen LogP contribution is -2.46. The van der Waals surface area contributed by atoms with E-state index in [0.717, 1.165) is 25.2 Å². The van der Waals surface area contributed by atoms with Gasteiger partial charge < -0.3 is 16.0 Å². The summed E-state index contributed by atoms with van der Waals surface area (Å²) in [7, 11) is -1.61. The SMILES string of the molecule is CN1CCN(S(=O)(=O)c2ccc(-c3cnc(N)c(C(=O)Nc4cnccc4CN4CCCC4)n3)cc2)CC1.Cl. The zero-order valence-corrected chi connectivity index (χ0v) is 23.4. The van der Waals surface area contributed by atoms with Crippen LogP contribution in [0, 0.1) is 0 Å². The van der Waals surface area contributed by atoms with Crippen LogP contribution in [0.25, 0.3) is 11.3 Å². The number of pyridine rings is 1. The van der Waals surface area contributed by atoms with Gasteiger partial charge in [0, 0.05) is 44.5 Å². The summed E-state index contributed by atoms with van der Waals surface area (Å²) < 4.78 is 27.6. The molecule has 0 unspecified atom stereocenters. The van der Waals surface area contributed by atoms with Gasteiger partial charge in [0.25, 0.3) is 5.91 Å². The van der Waals surface area contributed by atoms with E-state index in [4.69, 9.17) is 5.73 Å². The number of nitrogens with zero attached hydrogens (tertiary/aromatic N) is 6. The van der Waals surface area contributed by atoms with E-state index in [1.54, 1.807) is 36.7 Å². The number of carbonyl (C=O) groups excluding carboxylic acids is 1. The molecule has 0 saturated carbocycles. The van der Waals surface area contributed by atoms with Crippen molar-refractivity contribution in [2.75, 3.05) is 57.4 Å². The smallest absolute Gasteiger partial charge is 0.278 e. The quantitative estimate of drug-likeness (QED) is 0.437. The number of hydrogen-bond donors (Lipinski definition) is 2. The highest BCUT2D eigenvalue weighted by molar-refractivity contribution is 7.89. The minimum Gasteiger partial charge on any atom is -0.382 e. The molecule has 0 radical (unpaired) electrons. The van der Waals surface area contributed by atoms with Crippen LogP contribution in [0.3, 0.4) is 0 Å². The van der Waals surface area contributed by atoms with Crippen molar-refractivity contribution < 1.29 is 13.2 Å². The van der Waals surface area contributed by atoms with Crippen molar-refractivity contribution in [3.8, 4) is 11.3 Å². The first-order valence-electron chi connectivity index (χ1n) is 12.7. The van der Waals surface area contributed by atoms with E-state index in [1.807, 2.05) is 13.1 Å². The third-order valence-electron chi connectivity index (χ3n) is 7.02. The van der Waals surface area contributed by atoms with Gasteiger partial charge >= 0.3 is 0 Å². The maximum absolute atomic E-state index is 13.2. The molecule has 5 rings (SSSR count). The molecule has 2 fully saturated rings. The second-order valence-electron chi connectivity index (χ2n) is 9.69. The summed E-state index contributed by atoms with van der Waals surface area (Å²) in [6, 6.07) is 8.35. The Hall–Kier alpha value is -3.16. The minimum absolute atomic E-state index is 0. The Morgan fingerprint density at radius 1 is 1.00 bits per heavy atom. The summed E-state index contributed by atoms with van der Waals surface area (Å²) in [5.74, 6) is -0.479. The molecule has 2 aliphatic rings. The highest BCUT2D eigenvalue weighted by Crippen LogP contribution is 2.24. The number of rotatable bonds is 7. The number of likely N-dealkylation sites (tertiary alicyclic amines) is 1. The molecule has 208 valence electrons. The van der Waals surface area contributed by atoms with Gasteiger partial charge in [0.05, 0.1) is 28.7 Å². The van der Waals surface area contributed by atoms with Gasteiger partial charge in [-0.25, -0.2) is 18.4 Å². The van der Waals surface area contributed by atoms with Crippen molar-refractivity contribution in [2.24, 2.45) is 0 Å². The number of piperazine rings is 1. The summed E-state index contributed by atoms with van der Waals surface area (Å²) in [6.07, 6.45) is 7.15. The first-order valence-corrected chi connectivity index (χ1v) is 14.1. The Labute approximate surface area is 234 Å². The normalized spacial score (nSPS) is 17.1. The fourth-order valence-corrected chi connectivity index (χ4v) is 6.14. The van der Waals surface area contributed by atoms with Crippen molar-refractivity contribution in [1.82, 2.24) is 29.1 Å². The number of carbonyl (C=O) groups is 1. The van der Waals surface area contributed by atoms with E-state index in [2.05, 4.69) is 30.1 Å². The number of benzene rings is 1. The van der Waals surface area contributed by atoms with Crippen LogP contribution in [-0.2, 0) is 16.6 Å². The average Bonchev–Trinajstić information content (AvgIpc) is 3.43. The number of halogens is 1. The van der Waals surface area contributed by atoms with Gasteiger partial charge in [-0.1, -0.05) is 12.1 Å². The predicted octanol–water partition coefficient (Wildman–Crippen LogP) is 2.33. The maximum Gasteiger partial charge on any atom is 0.278 e. The summed E-state index contributed by atoms with van der Waals surface area (Å²) in [5.41, 5.74) is 8.62. The first kappa shape index (κ1) is 28.8. The Morgan fingerprint density at radius 2 is 1.69 bits per heavy atom. The molecule has 0 bridgehead atoms. The van der Waals surface area contributed by atoms with Crippen molar-refractivity contribution in [3.05, 3.63) is 60.2 Å². The Balaban J connectivity index is 0.00000353. The molecule has 1 aromatic carbocycles. The van der Waals surface area contributed by atoms with Crippen molar-refractivity contribution in [1.29, 1.82) is 0 Å². The molecule has 3 aromatic rings. The van der Waals surface area contributed by atoms with Crippen LogP contribution >= 0.6 is 12.4 Å². The molecular weight excluding hydrogens is 540 g/mol. The van der Waals surface area contributed by atoms with Gasteiger partial charge in [0.2, 0.25) is 10.0 Å². The maximum atomic E-state index is 13.2. The van der Waals surface area contributed by atoms with Crippen LogP contribution in [-0.4, -0.2) is 89.7 Å². The number of likely N-dealkylation sites (N-methyl/N-ethyl adjacent to an activating group) is 1. The second-order valence-corrected chi connectivity index (χ2v) is 11.6. The number of anilines is 2. The molecule has 0 aliphatic carbocycles. The highest BCUT2D eigenvalue weighted by atomic mass is 35.5. The molecule has 0 atom stereocenters. The van der Waals surface area contributed by atoms with E-state index < -0.39 is 15.9 Å². The van der Waals surface area contributed by atoms with Gasteiger partial charge in [0.1, 0.15) is 0 Å². The van der Waals surface area contributed by atoms with Crippen LogP contribution in [0.1, 0.15) is 28.9 Å². The van der Waals surface area contributed by atoms with E-state index in [0.29, 0.717) is 43.1 Å². The van der Waals surface area contributed by atoms with E-state index >= 15 is 0 Å². The summed E-state index contributed by atoms with van der Waals surface area (Å²) >= 11 is 0. The molecule has 2 aliphatic heterocycles. The Kier molecular flexibility index (Phi) is 9.13. The number of nitrogens with two attached hydrogens (primary N) is 1. The number of nitrogen functional groups attached to an aromatic ring is 1. The number of nitrogens with one attached hydrogen (secondary N) is 1. The lowest BCUT2D eigenvalue weighted by molar-refractivity contribution is 0.102. The minimum atomic E-state index is -3.58. The standard InChI is InChI=1S/C26H32N8O3S.ClH/c1-32-12-14-34(15-13-32)38(36,37)21-6-4-19(5-7-21)23-17-29-25(27)24(30-23)26(35)31-22-16-28-9-8-20(22)18-33-10-2-3-11-33;/h4-9,16-17H,2-3,10-15,18H2,1H3,(H2,27,29)(H,31,35);1H. The monoisotopic (exact) mass is 572 g/mol. The molecular formula is C26H33ClN8O3S. The largest absolute Gasteiger partial charge is 0.382 e. The van der Waals surface area contributed by atoms with E-state index in [1.165, 1.54) is 23.3 Å². The summed E-state index contributed by atoms with van der Waals surface area (Å²) in [5, 5.41) is 2.89. The Bertz CT molecular complexity index is 1410. The summed E-state index contributed by atoms with van der Waals surface area (Å²) in [6.45, 7) is 5.10. The lowest BCUT2D eigenvalue weighted by atomic mass is 10.1. The van der Waals surface area contributed by atoms with Crippen molar-refractivity contribution >= 4 is 39.8 Å². The number of aromatic nitrogens is 3. The van der Waals surface area contributed by atoms with E-state index in [9.17, 15) is 13.2 Å². The van der Waals surface area contributed by atoms with Gasteiger partial charge in [-0.05, 0) is 56.7 Å².